The van der Waals surface area contributed by atoms with Gasteiger partial charge in [0.1, 0.15) is 0 Å². The SMILES string of the molecule is CC1CC(NCCC(=O)NC(C)(C)C)CC(C)(C)C1. The summed E-state index contributed by atoms with van der Waals surface area (Å²) in [6, 6.07) is 0.571. The lowest BCUT2D eigenvalue weighted by molar-refractivity contribution is -0.122. The largest absolute Gasteiger partial charge is 0.351 e. The van der Waals surface area contributed by atoms with E-state index in [1.807, 2.05) is 20.8 Å². The number of nitrogens with one attached hydrogen (secondary N) is 2. The van der Waals surface area contributed by atoms with E-state index in [4.69, 9.17) is 0 Å². The summed E-state index contributed by atoms with van der Waals surface area (Å²) in [5, 5.41) is 6.57. The summed E-state index contributed by atoms with van der Waals surface area (Å²) in [6.45, 7) is 13.9. The molecule has 2 unspecified atom stereocenters. The molecule has 0 aromatic rings. The summed E-state index contributed by atoms with van der Waals surface area (Å²) in [5.41, 5.74) is 0.307. The van der Waals surface area contributed by atoms with E-state index in [2.05, 4.69) is 31.4 Å². The number of amides is 1. The van der Waals surface area contributed by atoms with Crippen LogP contribution >= 0.6 is 0 Å². The van der Waals surface area contributed by atoms with Crippen molar-refractivity contribution in [3.63, 3.8) is 0 Å². The highest BCUT2D eigenvalue weighted by Crippen LogP contribution is 2.38. The third-order valence-corrected chi connectivity index (χ3v) is 3.69. The van der Waals surface area contributed by atoms with Crippen molar-refractivity contribution in [3.05, 3.63) is 0 Å². The first-order valence-corrected chi connectivity index (χ1v) is 7.62. The summed E-state index contributed by atoms with van der Waals surface area (Å²) >= 11 is 0. The van der Waals surface area contributed by atoms with Crippen molar-refractivity contribution in [1.29, 1.82) is 0 Å². The van der Waals surface area contributed by atoms with Gasteiger partial charge in [0.2, 0.25) is 5.91 Å². The lowest BCUT2D eigenvalue weighted by atomic mass is 9.70. The lowest BCUT2D eigenvalue weighted by Crippen LogP contribution is -2.44. The average molecular weight is 268 g/mol. The number of carbonyl (C=O) groups excluding carboxylic acids is 1. The highest BCUT2D eigenvalue weighted by Gasteiger charge is 2.31. The topological polar surface area (TPSA) is 41.1 Å². The Kier molecular flexibility index (Phi) is 5.43. The van der Waals surface area contributed by atoms with Crippen molar-refractivity contribution in [1.82, 2.24) is 10.6 Å². The number of hydrogen-bond acceptors (Lipinski definition) is 2. The van der Waals surface area contributed by atoms with Crippen LogP contribution in [0.15, 0.2) is 0 Å². The molecule has 1 aliphatic carbocycles. The second-order valence-electron chi connectivity index (χ2n) is 8.11. The molecule has 1 amide bonds. The summed E-state index contributed by atoms with van der Waals surface area (Å²) < 4.78 is 0. The molecular weight excluding hydrogens is 236 g/mol. The van der Waals surface area contributed by atoms with Crippen LogP contribution < -0.4 is 10.6 Å². The molecule has 2 atom stereocenters. The zero-order valence-electron chi connectivity index (χ0n) is 13.6. The predicted octanol–water partition coefficient (Wildman–Crippen LogP) is 3.10. The van der Waals surface area contributed by atoms with Crippen molar-refractivity contribution < 1.29 is 4.79 Å². The molecule has 0 saturated heterocycles. The maximum Gasteiger partial charge on any atom is 0.221 e. The Morgan fingerprint density at radius 3 is 2.42 bits per heavy atom. The van der Waals surface area contributed by atoms with E-state index in [1.165, 1.54) is 19.3 Å². The smallest absolute Gasteiger partial charge is 0.221 e. The van der Waals surface area contributed by atoms with Gasteiger partial charge in [-0.3, -0.25) is 4.79 Å². The first-order valence-electron chi connectivity index (χ1n) is 7.62. The van der Waals surface area contributed by atoms with Crippen LogP contribution in [-0.2, 0) is 4.79 Å². The summed E-state index contributed by atoms with van der Waals surface area (Å²) in [7, 11) is 0. The van der Waals surface area contributed by atoms with Crippen molar-refractivity contribution in [3.8, 4) is 0 Å². The molecular formula is C16H32N2O. The van der Waals surface area contributed by atoms with E-state index < -0.39 is 0 Å². The van der Waals surface area contributed by atoms with E-state index in [1.54, 1.807) is 0 Å². The molecule has 0 radical (unpaired) electrons. The molecule has 2 N–H and O–H groups in total. The first kappa shape index (κ1) is 16.5. The third-order valence-electron chi connectivity index (χ3n) is 3.69. The summed E-state index contributed by atoms with van der Waals surface area (Å²) in [6.07, 6.45) is 4.35. The van der Waals surface area contributed by atoms with E-state index >= 15 is 0 Å². The van der Waals surface area contributed by atoms with Gasteiger partial charge in [0.05, 0.1) is 0 Å². The maximum absolute atomic E-state index is 11.7. The Morgan fingerprint density at radius 1 is 1.26 bits per heavy atom. The van der Waals surface area contributed by atoms with Crippen molar-refractivity contribution in [2.75, 3.05) is 6.54 Å². The highest BCUT2D eigenvalue weighted by atomic mass is 16.1. The molecule has 1 saturated carbocycles. The Bertz CT molecular complexity index is 304. The maximum atomic E-state index is 11.7. The van der Waals surface area contributed by atoms with Crippen LogP contribution in [-0.4, -0.2) is 24.0 Å². The molecule has 0 heterocycles. The van der Waals surface area contributed by atoms with Crippen LogP contribution in [0.3, 0.4) is 0 Å². The molecule has 0 aromatic carbocycles. The third kappa shape index (κ3) is 6.95. The molecule has 0 aliphatic heterocycles. The van der Waals surface area contributed by atoms with Gasteiger partial charge in [0.25, 0.3) is 0 Å². The van der Waals surface area contributed by atoms with Gasteiger partial charge < -0.3 is 10.6 Å². The number of hydrogen-bond donors (Lipinski definition) is 2. The molecule has 112 valence electrons. The molecule has 1 rings (SSSR count). The Hall–Kier alpha value is -0.570. The molecule has 3 heteroatoms. The molecule has 0 spiro atoms. The highest BCUT2D eigenvalue weighted by molar-refractivity contribution is 5.76. The summed E-state index contributed by atoms with van der Waals surface area (Å²) in [4.78, 5) is 11.7. The predicted molar refractivity (Wildman–Crippen MR) is 81.1 cm³/mol. The zero-order valence-corrected chi connectivity index (χ0v) is 13.6. The van der Waals surface area contributed by atoms with Crippen LogP contribution in [0.25, 0.3) is 0 Å². The van der Waals surface area contributed by atoms with Crippen LogP contribution in [0.2, 0.25) is 0 Å². The number of rotatable bonds is 4. The minimum atomic E-state index is -0.127. The van der Waals surface area contributed by atoms with Gasteiger partial charge in [-0.25, -0.2) is 0 Å². The summed E-state index contributed by atoms with van der Waals surface area (Å²) in [5.74, 6) is 0.924. The zero-order chi connectivity index (χ0) is 14.7. The van der Waals surface area contributed by atoms with Gasteiger partial charge in [-0.15, -0.1) is 0 Å². The average Bonchev–Trinajstić information content (AvgIpc) is 2.10. The van der Waals surface area contributed by atoms with E-state index in [-0.39, 0.29) is 11.4 Å². The normalized spacial score (nSPS) is 27.1. The minimum Gasteiger partial charge on any atom is -0.351 e. The fourth-order valence-electron chi connectivity index (χ4n) is 3.37. The first-order chi connectivity index (χ1) is 8.57. The van der Waals surface area contributed by atoms with Gasteiger partial charge in [-0.1, -0.05) is 20.8 Å². The molecule has 19 heavy (non-hydrogen) atoms. The van der Waals surface area contributed by atoms with Crippen molar-refractivity contribution >= 4 is 5.91 Å². The van der Waals surface area contributed by atoms with Crippen LogP contribution in [0.1, 0.15) is 67.2 Å². The fourth-order valence-corrected chi connectivity index (χ4v) is 3.37. The number of carbonyl (C=O) groups is 1. The molecule has 3 nitrogen and oxygen atoms in total. The standard InChI is InChI=1S/C16H32N2O/c1-12-9-13(11-16(5,6)10-12)17-8-7-14(19)18-15(2,3)4/h12-13,17H,7-11H2,1-6H3,(H,18,19). The van der Waals surface area contributed by atoms with Gasteiger partial charge in [-0.05, 0) is 51.4 Å². The Morgan fingerprint density at radius 2 is 1.89 bits per heavy atom. The Labute approximate surface area is 118 Å². The molecule has 1 aliphatic rings. The van der Waals surface area contributed by atoms with E-state index in [9.17, 15) is 4.79 Å². The lowest BCUT2D eigenvalue weighted by Gasteiger charge is -2.39. The van der Waals surface area contributed by atoms with E-state index in [0.29, 0.717) is 17.9 Å². The van der Waals surface area contributed by atoms with Crippen molar-refractivity contribution in [2.24, 2.45) is 11.3 Å². The van der Waals surface area contributed by atoms with Crippen LogP contribution in [0.5, 0.6) is 0 Å². The van der Waals surface area contributed by atoms with Gasteiger partial charge in [0.15, 0.2) is 0 Å². The fraction of sp³-hybridized carbons (Fsp3) is 0.938. The van der Waals surface area contributed by atoms with Crippen molar-refractivity contribution in [2.45, 2.75) is 78.8 Å². The van der Waals surface area contributed by atoms with Gasteiger partial charge >= 0.3 is 0 Å². The quantitative estimate of drug-likeness (QED) is 0.822. The molecule has 1 fully saturated rings. The Balaban J connectivity index is 2.27. The molecule has 0 aromatic heterocycles. The van der Waals surface area contributed by atoms with E-state index in [0.717, 1.165) is 12.5 Å². The van der Waals surface area contributed by atoms with Crippen LogP contribution in [0, 0.1) is 11.3 Å². The monoisotopic (exact) mass is 268 g/mol. The molecule has 0 bridgehead atoms. The second-order valence-corrected chi connectivity index (χ2v) is 8.11. The van der Waals surface area contributed by atoms with Gasteiger partial charge in [0, 0.05) is 24.5 Å². The van der Waals surface area contributed by atoms with Gasteiger partial charge in [-0.2, -0.15) is 0 Å². The second kappa shape index (κ2) is 6.25. The minimum absolute atomic E-state index is 0.127. The van der Waals surface area contributed by atoms with Crippen LogP contribution in [0.4, 0.5) is 0 Å².